The molecular formula is C18H27BrIN5O. The molecule has 1 atom stereocenters. The van der Waals surface area contributed by atoms with Gasteiger partial charge in [0.15, 0.2) is 5.96 Å². The van der Waals surface area contributed by atoms with Crippen molar-refractivity contribution >= 4 is 45.9 Å². The highest BCUT2D eigenvalue weighted by Gasteiger charge is 2.07. The number of para-hydroxylation sites is 1. The molecule has 2 aromatic rings. The van der Waals surface area contributed by atoms with E-state index >= 15 is 0 Å². The van der Waals surface area contributed by atoms with Crippen LogP contribution in [0.4, 0.5) is 0 Å². The molecule has 0 aliphatic rings. The maximum atomic E-state index is 5.93. The summed E-state index contributed by atoms with van der Waals surface area (Å²) >= 11 is 3.49. The summed E-state index contributed by atoms with van der Waals surface area (Å²) < 4.78 is 8.80. The molecule has 0 radical (unpaired) electrons. The highest BCUT2D eigenvalue weighted by molar-refractivity contribution is 14.0. The molecule has 1 aromatic carbocycles. The molecule has 0 saturated carbocycles. The first-order valence-electron chi connectivity index (χ1n) is 8.51. The summed E-state index contributed by atoms with van der Waals surface area (Å²) in [5.74, 6) is 1.62. The fourth-order valence-electron chi connectivity index (χ4n) is 2.23. The number of aromatic nitrogens is 2. The van der Waals surface area contributed by atoms with Crippen LogP contribution in [-0.4, -0.2) is 41.5 Å². The van der Waals surface area contributed by atoms with Gasteiger partial charge in [-0.1, -0.05) is 12.1 Å². The molecule has 1 aromatic heterocycles. The molecule has 0 spiro atoms. The van der Waals surface area contributed by atoms with Crippen LogP contribution in [0.2, 0.25) is 0 Å². The molecular weight excluding hydrogens is 509 g/mol. The second kappa shape index (κ2) is 12.2. The molecule has 2 rings (SSSR count). The smallest absolute Gasteiger partial charge is 0.191 e. The molecule has 0 bridgehead atoms. The molecule has 26 heavy (non-hydrogen) atoms. The van der Waals surface area contributed by atoms with Crippen molar-refractivity contribution in [3.63, 3.8) is 0 Å². The van der Waals surface area contributed by atoms with Gasteiger partial charge >= 0.3 is 0 Å². The van der Waals surface area contributed by atoms with Crippen molar-refractivity contribution in [3.8, 4) is 5.75 Å². The molecule has 144 valence electrons. The van der Waals surface area contributed by atoms with Gasteiger partial charge in [0.1, 0.15) is 11.9 Å². The summed E-state index contributed by atoms with van der Waals surface area (Å²) in [6.45, 7) is 9.03. The number of rotatable bonds is 8. The van der Waals surface area contributed by atoms with Gasteiger partial charge < -0.3 is 15.4 Å². The van der Waals surface area contributed by atoms with Crippen molar-refractivity contribution in [2.75, 3.05) is 19.6 Å². The number of halogens is 2. The zero-order valence-electron chi connectivity index (χ0n) is 15.4. The van der Waals surface area contributed by atoms with Gasteiger partial charge in [-0.2, -0.15) is 5.10 Å². The zero-order valence-corrected chi connectivity index (χ0v) is 19.3. The Morgan fingerprint density at radius 2 is 2.12 bits per heavy atom. The second-order valence-electron chi connectivity index (χ2n) is 5.79. The Hall–Kier alpha value is -1.29. The van der Waals surface area contributed by atoms with Crippen molar-refractivity contribution in [2.45, 2.75) is 33.4 Å². The molecule has 2 N–H and O–H groups in total. The summed E-state index contributed by atoms with van der Waals surface area (Å²) in [6.07, 6.45) is 3.86. The number of nitrogens with zero attached hydrogens (tertiary/aromatic N) is 3. The van der Waals surface area contributed by atoms with Crippen LogP contribution in [0.3, 0.4) is 0 Å². The van der Waals surface area contributed by atoms with Gasteiger partial charge in [-0.3, -0.25) is 4.68 Å². The van der Waals surface area contributed by atoms with Gasteiger partial charge in [0.05, 0.1) is 23.8 Å². The van der Waals surface area contributed by atoms with Gasteiger partial charge in [-0.05, 0) is 54.4 Å². The van der Waals surface area contributed by atoms with E-state index in [0.717, 1.165) is 35.8 Å². The number of benzene rings is 1. The van der Waals surface area contributed by atoms with Crippen LogP contribution in [0, 0.1) is 6.92 Å². The number of hydrogen-bond donors (Lipinski definition) is 2. The number of guanidine groups is 1. The van der Waals surface area contributed by atoms with E-state index < -0.39 is 0 Å². The second-order valence-corrected chi connectivity index (χ2v) is 6.64. The van der Waals surface area contributed by atoms with Crippen molar-refractivity contribution in [3.05, 3.63) is 46.7 Å². The largest absolute Gasteiger partial charge is 0.488 e. The Kier molecular flexibility index (Phi) is 10.6. The van der Waals surface area contributed by atoms with E-state index in [4.69, 9.17) is 4.74 Å². The average Bonchev–Trinajstić information content (AvgIpc) is 3.00. The Morgan fingerprint density at radius 1 is 1.35 bits per heavy atom. The first-order valence-corrected chi connectivity index (χ1v) is 9.30. The third-order valence-corrected chi connectivity index (χ3v) is 4.07. The number of aryl methyl sites for hydroxylation is 1. The van der Waals surface area contributed by atoms with Crippen LogP contribution in [0.1, 0.15) is 19.4 Å². The van der Waals surface area contributed by atoms with Crippen LogP contribution < -0.4 is 15.4 Å². The lowest BCUT2D eigenvalue weighted by Crippen LogP contribution is -2.39. The average molecular weight is 536 g/mol. The molecule has 0 aliphatic carbocycles. The predicted molar refractivity (Wildman–Crippen MR) is 121 cm³/mol. The van der Waals surface area contributed by atoms with E-state index in [1.807, 2.05) is 55.2 Å². The lowest BCUT2D eigenvalue weighted by atomic mass is 10.3. The maximum Gasteiger partial charge on any atom is 0.191 e. The van der Waals surface area contributed by atoms with Gasteiger partial charge in [0.2, 0.25) is 0 Å². The van der Waals surface area contributed by atoms with E-state index in [-0.39, 0.29) is 30.1 Å². The molecule has 0 saturated heterocycles. The van der Waals surface area contributed by atoms with Gasteiger partial charge in [0, 0.05) is 19.3 Å². The van der Waals surface area contributed by atoms with Gasteiger partial charge in [-0.25, -0.2) is 4.99 Å². The monoisotopic (exact) mass is 535 g/mol. The molecule has 0 aliphatic heterocycles. The third-order valence-electron chi connectivity index (χ3n) is 3.41. The van der Waals surface area contributed by atoms with E-state index in [1.54, 1.807) is 0 Å². The number of hydrogen-bond acceptors (Lipinski definition) is 3. The van der Waals surface area contributed by atoms with E-state index in [0.29, 0.717) is 6.54 Å². The Balaban J connectivity index is 0.00000338. The van der Waals surface area contributed by atoms with E-state index in [2.05, 4.69) is 43.6 Å². The van der Waals surface area contributed by atoms with Gasteiger partial charge in [0.25, 0.3) is 0 Å². The topological polar surface area (TPSA) is 63.5 Å². The predicted octanol–water partition coefficient (Wildman–Crippen LogP) is 3.59. The quantitative estimate of drug-likeness (QED) is 0.308. The molecule has 6 nitrogen and oxygen atoms in total. The minimum Gasteiger partial charge on any atom is -0.488 e. The van der Waals surface area contributed by atoms with Crippen LogP contribution >= 0.6 is 39.9 Å². The molecule has 0 amide bonds. The minimum absolute atomic E-state index is 0. The van der Waals surface area contributed by atoms with Crippen LogP contribution in [0.25, 0.3) is 0 Å². The van der Waals surface area contributed by atoms with Crippen molar-refractivity contribution in [1.29, 1.82) is 0 Å². The van der Waals surface area contributed by atoms with Crippen molar-refractivity contribution in [1.82, 2.24) is 20.4 Å². The molecule has 8 heteroatoms. The van der Waals surface area contributed by atoms with Crippen LogP contribution in [0.5, 0.6) is 5.75 Å². The highest BCUT2D eigenvalue weighted by Crippen LogP contribution is 2.24. The normalized spacial score (nSPS) is 12.2. The summed E-state index contributed by atoms with van der Waals surface area (Å²) in [4.78, 5) is 4.60. The van der Waals surface area contributed by atoms with E-state index in [1.165, 1.54) is 5.56 Å². The zero-order chi connectivity index (χ0) is 18.1. The Morgan fingerprint density at radius 3 is 2.77 bits per heavy atom. The lowest BCUT2D eigenvalue weighted by Gasteiger charge is -2.16. The van der Waals surface area contributed by atoms with Crippen LogP contribution in [-0.2, 0) is 6.54 Å². The Labute approximate surface area is 181 Å². The fourth-order valence-corrected chi connectivity index (χ4v) is 2.61. The summed E-state index contributed by atoms with van der Waals surface area (Å²) in [5, 5.41) is 10.9. The molecule has 1 unspecified atom stereocenters. The van der Waals surface area contributed by atoms with Crippen LogP contribution in [0.15, 0.2) is 46.1 Å². The van der Waals surface area contributed by atoms with Gasteiger partial charge in [-0.15, -0.1) is 24.0 Å². The SMILES string of the molecule is CCNC(=NCC(C)Oc1ccccc1Br)NCCn1cc(C)cn1.I. The Bertz CT molecular complexity index is 692. The van der Waals surface area contributed by atoms with Crippen molar-refractivity contribution < 1.29 is 4.74 Å². The van der Waals surface area contributed by atoms with Crippen molar-refractivity contribution in [2.24, 2.45) is 4.99 Å². The maximum absolute atomic E-state index is 5.93. The minimum atomic E-state index is -0.0251. The lowest BCUT2D eigenvalue weighted by molar-refractivity contribution is 0.228. The number of nitrogens with one attached hydrogen (secondary N) is 2. The number of ether oxygens (including phenoxy) is 1. The molecule has 0 fully saturated rings. The molecule has 1 heterocycles. The highest BCUT2D eigenvalue weighted by atomic mass is 127. The third kappa shape index (κ3) is 7.94. The fraction of sp³-hybridized carbons (Fsp3) is 0.444. The number of aliphatic imine (C=N–C) groups is 1. The standard InChI is InChI=1S/C18H26BrN5O.HI/c1-4-20-18(21-9-10-24-13-14(2)11-23-24)22-12-15(3)25-17-8-6-5-7-16(17)19;/h5-8,11,13,15H,4,9-10,12H2,1-3H3,(H2,20,21,22);1H. The first kappa shape index (κ1) is 22.8. The van der Waals surface area contributed by atoms with E-state index in [9.17, 15) is 0 Å². The summed E-state index contributed by atoms with van der Waals surface area (Å²) in [7, 11) is 0. The first-order chi connectivity index (χ1) is 12.1. The summed E-state index contributed by atoms with van der Waals surface area (Å²) in [5.41, 5.74) is 1.17. The summed E-state index contributed by atoms with van der Waals surface area (Å²) in [6, 6.07) is 7.83.